The summed E-state index contributed by atoms with van der Waals surface area (Å²) in [5.41, 5.74) is 3.59. The molecule has 0 radical (unpaired) electrons. The van der Waals surface area contributed by atoms with Crippen molar-refractivity contribution >= 4 is 23.4 Å². The maximum absolute atomic E-state index is 12.5. The fourth-order valence-electron chi connectivity index (χ4n) is 2.79. The van der Waals surface area contributed by atoms with Gasteiger partial charge in [0.05, 0.1) is 12.2 Å². The molecular weight excluding hydrogens is 288 g/mol. The van der Waals surface area contributed by atoms with Crippen LogP contribution in [-0.2, 0) is 0 Å². The Hall–Kier alpha value is -2.95. The van der Waals surface area contributed by atoms with Gasteiger partial charge in [0.2, 0.25) is 5.96 Å². The zero-order chi connectivity index (χ0) is 15.8. The maximum Gasteiger partial charge on any atom is 0.257 e. The monoisotopic (exact) mass is 304 g/mol. The van der Waals surface area contributed by atoms with Crippen LogP contribution in [0.2, 0.25) is 0 Å². The van der Waals surface area contributed by atoms with Crippen LogP contribution in [0.3, 0.4) is 0 Å². The zero-order valence-corrected chi connectivity index (χ0v) is 12.8. The van der Waals surface area contributed by atoms with Crippen molar-refractivity contribution in [3.05, 3.63) is 65.2 Å². The minimum absolute atomic E-state index is 0.158. The summed E-state index contributed by atoms with van der Waals surface area (Å²) in [5.74, 6) is 1.27. The van der Waals surface area contributed by atoms with Crippen molar-refractivity contribution in [2.24, 2.45) is 9.98 Å². The van der Waals surface area contributed by atoms with Crippen LogP contribution in [0.15, 0.2) is 58.5 Å². The molecule has 0 atom stereocenters. The lowest BCUT2D eigenvalue weighted by molar-refractivity contribution is 0.0974. The van der Waals surface area contributed by atoms with Gasteiger partial charge in [0.25, 0.3) is 5.91 Å². The normalized spacial score (nSPS) is 15.4. The van der Waals surface area contributed by atoms with Crippen molar-refractivity contribution in [1.82, 2.24) is 10.2 Å². The standard InChI is InChI=1S/C18H16N4O/c1-12-6-8-13(9-7-12)17(23)21-18-20-15-5-3-2-4-14(15)16-19-10-11-22(16)18/h2-9H,10-11H2,1H3,(H,20,21,23). The highest BCUT2D eigenvalue weighted by Gasteiger charge is 2.30. The van der Waals surface area contributed by atoms with Crippen LogP contribution in [0, 0.1) is 6.92 Å². The number of para-hydroxylation sites is 1. The van der Waals surface area contributed by atoms with Gasteiger partial charge in [-0.3, -0.25) is 20.0 Å². The number of carbonyl (C=O) groups is 1. The van der Waals surface area contributed by atoms with E-state index in [1.54, 1.807) is 0 Å². The van der Waals surface area contributed by atoms with E-state index in [0.717, 1.165) is 29.2 Å². The number of nitrogens with zero attached hydrogens (tertiary/aromatic N) is 3. The Morgan fingerprint density at radius 3 is 2.74 bits per heavy atom. The first-order valence-electron chi connectivity index (χ1n) is 7.60. The lowest BCUT2D eigenvalue weighted by Crippen LogP contribution is -2.47. The number of nitrogens with one attached hydrogen (secondary N) is 1. The summed E-state index contributed by atoms with van der Waals surface area (Å²) in [4.78, 5) is 23.6. The number of carbonyl (C=O) groups excluding carboxylic acids is 1. The van der Waals surface area contributed by atoms with Gasteiger partial charge in [0.1, 0.15) is 5.84 Å². The first-order chi connectivity index (χ1) is 11.2. The molecule has 1 N–H and O–H groups in total. The minimum atomic E-state index is -0.158. The van der Waals surface area contributed by atoms with Crippen LogP contribution < -0.4 is 5.32 Å². The van der Waals surface area contributed by atoms with Crippen molar-refractivity contribution in [2.75, 3.05) is 13.1 Å². The first kappa shape index (κ1) is 13.7. The van der Waals surface area contributed by atoms with E-state index in [4.69, 9.17) is 0 Å². The molecule has 2 heterocycles. The van der Waals surface area contributed by atoms with Crippen molar-refractivity contribution < 1.29 is 4.79 Å². The smallest absolute Gasteiger partial charge is 0.257 e. The number of hydrogen-bond acceptors (Lipinski definition) is 4. The highest BCUT2D eigenvalue weighted by atomic mass is 16.1. The maximum atomic E-state index is 12.5. The van der Waals surface area contributed by atoms with Gasteiger partial charge in [0, 0.05) is 17.7 Å². The summed E-state index contributed by atoms with van der Waals surface area (Å²) in [6.45, 7) is 3.44. The molecule has 4 rings (SSSR count). The molecule has 0 fully saturated rings. The van der Waals surface area contributed by atoms with Crippen molar-refractivity contribution in [3.8, 4) is 0 Å². The van der Waals surface area contributed by atoms with Crippen molar-refractivity contribution in [2.45, 2.75) is 6.92 Å². The number of fused-ring (bicyclic) bond motifs is 3. The van der Waals surface area contributed by atoms with E-state index < -0.39 is 0 Å². The Bertz CT molecular complexity index is 836. The van der Waals surface area contributed by atoms with E-state index in [1.165, 1.54) is 0 Å². The molecule has 2 aliphatic rings. The lowest BCUT2D eigenvalue weighted by Gasteiger charge is -2.27. The number of amides is 1. The average Bonchev–Trinajstić information content (AvgIpc) is 3.06. The van der Waals surface area contributed by atoms with Crippen LogP contribution in [0.1, 0.15) is 21.5 Å². The molecule has 0 bridgehead atoms. The minimum Gasteiger partial charge on any atom is -0.294 e. The zero-order valence-electron chi connectivity index (χ0n) is 12.8. The van der Waals surface area contributed by atoms with Crippen LogP contribution in [0.5, 0.6) is 0 Å². The summed E-state index contributed by atoms with van der Waals surface area (Å²) in [5, 5.41) is 2.92. The van der Waals surface area contributed by atoms with E-state index in [1.807, 2.05) is 60.4 Å². The number of hydrogen-bond donors (Lipinski definition) is 1. The number of benzene rings is 2. The molecule has 0 saturated carbocycles. The summed E-state index contributed by atoms with van der Waals surface area (Å²) in [6.07, 6.45) is 0. The van der Waals surface area contributed by atoms with Gasteiger partial charge in [-0.15, -0.1) is 0 Å². The molecule has 5 nitrogen and oxygen atoms in total. The molecule has 1 amide bonds. The second-order valence-electron chi connectivity index (χ2n) is 5.63. The van der Waals surface area contributed by atoms with Gasteiger partial charge in [0.15, 0.2) is 0 Å². The highest BCUT2D eigenvalue weighted by molar-refractivity contribution is 6.19. The Labute approximate surface area is 134 Å². The third-order valence-corrected chi connectivity index (χ3v) is 4.01. The van der Waals surface area contributed by atoms with Gasteiger partial charge >= 0.3 is 0 Å². The van der Waals surface area contributed by atoms with Crippen LogP contribution in [0.25, 0.3) is 0 Å². The fourth-order valence-corrected chi connectivity index (χ4v) is 2.79. The summed E-state index contributed by atoms with van der Waals surface area (Å²) >= 11 is 0. The Morgan fingerprint density at radius 2 is 1.91 bits per heavy atom. The van der Waals surface area contributed by atoms with E-state index in [2.05, 4.69) is 15.3 Å². The Balaban J connectivity index is 1.66. The molecule has 0 aromatic heterocycles. The number of aryl methyl sites for hydroxylation is 1. The summed E-state index contributed by atoms with van der Waals surface area (Å²) in [6, 6.07) is 15.4. The molecular formula is C18H16N4O. The molecule has 114 valence electrons. The third kappa shape index (κ3) is 2.40. The predicted molar refractivity (Wildman–Crippen MR) is 90.3 cm³/mol. The SMILES string of the molecule is Cc1ccc(C(=O)NC2=Nc3ccccc3C3=NCCN23)cc1. The molecule has 2 aromatic carbocycles. The predicted octanol–water partition coefficient (Wildman–Crippen LogP) is 2.49. The van der Waals surface area contributed by atoms with Gasteiger partial charge in [-0.05, 0) is 31.2 Å². The third-order valence-electron chi connectivity index (χ3n) is 4.01. The van der Waals surface area contributed by atoms with Gasteiger partial charge in [-0.25, -0.2) is 4.99 Å². The van der Waals surface area contributed by atoms with Gasteiger partial charge in [-0.1, -0.05) is 29.8 Å². The van der Waals surface area contributed by atoms with E-state index in [9.17, 15) is 4.79 Å². The Kier molecular flexibility index (Phi) is 3.19. The van der Waals surface area contributed by atoms with E-state index >= 15 is 0 Å². The number of guanidine groups is 1. The number of aliphatic imine (C=N–C) groups is 2. The van der Waals surface area contributed by atoms with Gasteiger partial charge < -0.3 is 0 Å². The molecule has 23 heavy (non-hydrogen) atoms. The molecule has 0 saturated heterocycles. The topological polar surface area (TPSA) is 57.1 Å². The second-order valence-corrected chi connectivity index (χ2v) is 5.63. The number of rotatable bonds is 1. The fraction of sp³-hybridized carbons (Fsp3) is 0.167. The average molecular weight is 304 g/mol. The van der Waals surface area contributed by atoms with E-state index in [-0.39, 0.29) is 5.91 Å². The van der Waals surface area contributed by atoms with Crippen molar-refractivity contribution in [3.63, 3.8) is 0 Å². The molecule has 0 aliphatic carbocycles. The van der Waals surface area contributed by atoms with Crippen LogP contribution >= 0.6 is 0 Å². The quantitative estimate of drug-likeness (QED) is 0.880. The molecule has 5 heteroatoms. The lowest BCUT2D eigenvalue weighted by atomic mass is 10.1. The number of amidine groups is 1. The van der Waals surface area contributed by atoms with Crippen molar-refractivity contribution in [1.29, 1.82) is 0 Å². The Morgan fingerprint density at radius 1 is 1.13 bits per heavy atom. The summed E-state index contributed by atoms with van der Waals surface area (Å²) in [7, 11) is 0. The molecule has 2 aliphatic heterocycles. The van der Waals surface area contributed by atoms with Gasteiger partial charge in [-0.2, -0.15) is 0 Å². The van der Waals surface area contributed by atoms with Crippen LogP contribution in [0.4, 0.5) is 5.69 Å². The van der Waals surface area contributed by atoms with Crippen LogP contribution in [-0.4, -0.2) is 35.7 Å². The largest absolute Gasteiger partial charge is 0.294 e. The van der Waals surface area contributed by atoms with E-state index in [0.29, 0.717) is 18.1 Å². The highest BCUT2D eigenvalue weighted by Crippen LogP contribution is 2.27. The molecule has 2 aromatic rings. The summed E-state index contributed by atoms with van der Waals surface area (Å²) < 4.78 is 0. The second kappa shape index (κ2) is 5.35. The molecule has 0 spiro atoms. The molecule has 0 unspecified atom stereocenters. The first-order valence-corrected chi connectivity index (χ1v) is 7.60.